The fraction of sp³-hybridized carbons (Fsp3) is 0.867. The highest BCUT2D eigenvalue weighted by Crippen LogP contribution is 2.18. The van der Waals surface area contributed by atoms with Crippen LogP contribution in [0.2, 0.25) is 0 Å². The molecule has 2 saturated heterocycles. The lowest BCUT2D eigenvalue weighted by molar-refractivity contribution is -0.137. The van der Waals surface area contributed by atoms with Gasteiger partial charge in [-0.15, -0.1) is 0 Å². The summed E-state index contributed by atoms with van der Waals surface area (Å²) < 4.78 is 0. The lowest BCUT2D eigenvalue weighted by atomic mass is 9.96. The molecule has 0 bridgehead atoms. The van der Waals surface area contributed by atoms with Crippen LogP contribution in [0.1, 0.15) is 45.4 Å². The van der Waals surface area contributed by atoms with E-state index in [2.05, 4.69) is 10.6 Å². The number of hydrogen-bond acceptors (Lipinski definition) is 3. The average molecular weight is 281 g/mol. The number of piperidine rings is 2. The molecule has 2 aliphatic heterocycles. The van der Waals surface area contributed by atoms with Crippen molar-refractivity contribution in [2.45, 2.75) is 51.5 Å². The molecule has 0 spiro atoms. The molecule has 0 saturated carbocycles. The molecule has 5 nitrogen and oxygen atoms in total. The van der Waals surface area contributed by atoms with Gasteiger partial charge < -0.3 is 15.5 Å². The normalized spacial score (nSPS) is 24.4. The maximum atomic E-state index is 12.4. The molecular weight excluding hydrogens is 254 g/mol. The van der Waals surface area contributed by atoms with Gasteiger partial charge in [-0.05, 0) is 38.6 Å². The van der Waals surface area contributed by atoms with Crippen molar-refractivity contribution in [3.63, 3.8) is 0 Å². The first-order chi connectivity index (χ1) is 9.70. The molecule has 2 heterocycles. The van der Waals surface area contributed by atoms with Crippen LogP contribution in [0, 0.1) is 5.92 Å². The van der Waals surface area contributed by atoms with Crippen LogP contribution in [0.15, 0.2) is 0 Å². The zero-order chi connectivity index (χ0) is 14.4. The monoisotopic (exact) mass is 281 g/mol. The van der Waals surface area contributed by atoms with E-state index in [1.807, 2.05) is 11.8 Å². The van der Waals surface area contributed by atoms with E-state index in [4.69, 9.17) is 0 Å². The minimum absolute atomic E-state index is 0.147. The highest BCUT2D eigenvalue weighted by atomic mass is 16.2. The van der Waals surface area contributed by atoms with Crippen molar-refractivity contribution in [1.82, 2.24) is 15.5 Å². The highest BCUT2D eigenvalue weighted by Gasteiger charge is 2.29. The van der Waals surface area contributed by atoms with E-state index in [1.54, 1.807) is 0 Å². The van der Waals surface area contributed by atoms with Crippen molar-refractivity contribution in [2.24, 2.45) is 5.92 Å². The molecule has 2 amide bonds. The summed E-state index contributed by atoms with van der Waals surface area (Å²) in [6.07, 6.45) is 5.38. The summed E-state index contributed by atoms with van der Waals surface area (Å²) in [5.74, 6) is 0.610. The van der Waals surface area contributed by atoms with E-state index in [0.29, 0.717) is 12.3 Å². The predicted molar refractivity (Wildman–Crippen MR) is 78.2 cm³/mol. The number of amides is 2. The van der Waals surface area contributed by atoms with Gasteiger partial charge in [0.1, 0.15) is 0 Å². The zero-order valence-electron chi connectivity index (χ0n) is 12.5. The van der Waals surface area contributed by atoms with E-state index < -0.39 is 0 Å². The smallest absolute Gasteiger partial charge is 0.226 e. The molecule has 2 rings (SSSR count). The minimum Gasteiger partial charge on any atom is -0.353 e. The predicted octanol–water partition coefficient (Wildman–Crippen LogP) is 0.893. The lowest BCUT2D eigenvalue weighted by Crippen LogP contribution is -2.50. The van der Waals surface area contributed by atoms with Crippen LogP contribution in [-0.2, 0) is 9.59 Å². The molecule has 20 heavy (non-hydrogen) atoms. The third-order valence-corrected chi connectivity index (χ3v) is 4.29. The fourth-order valence-corrected chi connectivity index (χ4v) is 3.09. The Labute approximate surface area is 121 Å². The van der Waals surface area contributed by atoms with E-state index in [0.717, 1.165) is 58.3 Å². The van der Waals surface area contributed by atoms with Crippen LogP contribution in [0.4, 0.5) is 0 Å². The average Bonchev–Trinajstić information content (AvgIpc) is 2.48. The molecule has 0 aliphatic carbocycles. The topological polar surface area (TPSA) is 61.4 Å². The summed E-state index contributed by atoms with van der Waals surface area (Å²) in [6, 6.07) is 0.252. The number of carbonyl (C=O) groups is 2. The molecule has 0 aromatic heterocycles. The van der Waals surface area contributed by atoms with Gasteiger partial charge in [0.15, 0.2) is 0 Å². The van der Waals surface area contributed by atoms with Crippen molar-refractivity contribution in [2.75, 3.05) is 26.2 Å². The Morgan fingerprint density at radius 3 is 2.60 bits per heavy atom. The van der Waals surface area contributed by atoms with Gasteiger partial charge in [-0.2, -0.15) is 0 Å². The van der Waals surface area contributed by atoms with Crippen LogP contribution in [0.3, 0.4) is 0 Å². The van der Waals surface area contributed by atoms with Crippen molar-refractivity contribution < 1.29 is 9.59 Å². The van der Waals surface area contributed by atoms with Crippen LogP contribution in [-0.4, -0.2) is 48.9 Å². The summed E-state index contributed by atoms with van der Waals surface area (Å²) >= 11 is 0. The Kier molecular flexibility index (Phi) is 5.83. The van der Waals surface area contributed by atoms with Gasteiger partial charge in [-0.25, -0.2) is 0 Å². The third kappa shape index (κ3) is 4.20. The maximum Gasteiger partial charge on any atom is 0.226 e. The number of hydrogen-bond donors (Lipinski definition) is 2. The fourth-order valence-electron chi connectivity index (χ4n) is 3.09. The summed E-state index contributed by atoms with van der Waals surface area (Å²) in [6.45, 7) is 5.44. The third-order valence-electron chi connectivity index (χ3n) is 4.29. The molecule has 2 fully saturated rings. The molecule has 2 aliphatic rings. The van der Waals surface area contributed by atoms with E-state index >= 15 is 0 Å². The van der Waals surface area contributed by atoms with Crippen molar-refractivity contribution in [3.05, 3.63) is 0 Å². The Hall–Kier alpha value is -1.10. The largest absolute Gasteiger partial charge is 0.353 e. The second kappa shape index (κ2) is 7.62. The van der Waals surface area contributed by atoms with Crippen LogP contribution < -0.4 is 10.6 Å². The lowest BCUT2D eigenvalue weighted by Gasteiger charge is -2.35. The van der Waals surface area contributed by atoms with Crippen LogP contribution in [0.5, 0.6) is 0 Å². The molecule has 5 heteroatoms. The zero-order valence-corrected chi connectivity index (χ0v) is 12.5. The number of nitrogens with zero attached hydrogens (tertiary/aromatic N) is 1. The Morgan fingerprint density at radius 2 is 2.00 bits per heavy atom. The van der Waals surface area contributed by atoms with E-state index in [-0.39, 0.29) is 17.9 Å². The summed E-state index contributed by atoms with van der Waals surface area (Å²) in [4.78, 5) is 25.9. The van der Waals surface area contributed by atoms with Gasteiger partial charge in [0.2, 0.25) is 11.8 Å². The first-order valence-electron chi connectivity index (χ1n) is 7.99. The maximum absolute atomic E-state index is 12.4. The first kappa shape index (κ1) is 15.3. The van der Waals surface area contributed by atoms with Crippen LogP contribution in [0.25, 0.3) is 0 Å². The Morgan fingerprint density at radius 1 is 1.25 bits per heavy atom. The van der Waals surface area contributed by atoms with Gasteiger partial charge in [-0.3, -0.25) is 9.59 Å². The summed E-state index contributed by atoms with van der Waals surface area (Å²) in [5, 5.41) is 6.37. The molecule has 1 atom stereocenters. The molecular formula is C15H27N3O2. The van der Waals surface area contributed by atoms with Gasteiger partial charge >= 0.3 is 0 Å². The minimum atomic E-state index is 0.147. The molecule has 2 N–H and O–H groups in total. The molecule has 0 aromatic carbocycles. The number of carbonyl (C=O) groups excluding carboxylic acids is 2. The molecule has 0 aromatic rings. The van der Waals surface area contributed by atoms with Gasteiger partial charge in [0, 0.05) is 32.1 Å². The molecule has 114 valence electrons. The van der Waals surface area contributed by atoms with Gasteiger partial charge in [0.05, 0.1) is 5.92 Å². The van der Waals surface area contributed by atoms with Crippen molar-refractivity contribution in [3.8, 4) is 0 Å². The SMILES string of the molecule is CCCC(=O)NC1CCN(C(=O)[C@H]2CCCNC2)CC1. The van der Waals surface area contributed by atoms with Gasteiger partial charge in [0.25, 0.3) is 0 Å². The second-order valence-corrected chi connectivity index (χ2v) is 5.96. The standard InChI is InChI=1S/C15H27N3O2/c1-2-4-14(19)17-13-6-9-18(10-7-13)15(20)12-5-3-8-16-11-12/h12-13,16H,2-11H2,1H3,(H,17,19)/t12-/m0/s1. The number of likely N-dealkylation sites (tertiary alicyclic amines) is 1. The quantitative estimate of drug-likeness (QED) is 0.804. The van der Waals surface area contributed by atoms with Crippen LogP contribution >= 0.6 is 0 Å². The van der Waals surface area contributed by atoms with Crippen molar-refractivity contribution >= 4 is 11.8 Å². The summed E-state index contributed by atoms with van der Waals surface area (Å²) in [7, 11) is 0. The highest BCUT2D eigenvalue weighted by molar-refractivity contribution is 5.79. The van der Waals surface area contributed by atoms with E-state index in [1.165, 1.54) is 0 Å². The van der Waals surface area contributed by atoms with Crippen molar-refractivity contribution in [1.29, 1.82) is 0 Å². The van der Waals surface area contributed by atoms with Gasteiger partial charge in [-0.1, -0.05) is 6.92 Å². The summed E-state index contributed by atoms with van der Waals surface area (Å²) in [5.41, 5.74) is 0. The second-order valence-electron chi connectivity index (χ2n) is 5.96. The molecule has 0 radical (unpaired) electrons. The Bertz CT molecular complexity index is 332. The first-order valence-corrected chi connectivity index (χ1v) is 7.99. The number of nitrogens with one attached hydrogen (secondary N) is 2. The van der Waals surface area contributed by atoms with E-state index in [9.17, 15) is 9.59 Å². The Balaban J connectivity index is 1.73. The number of rotatable bonds is 4. The molecule has 0 unspecified atom stereocenters.